The minimum Gasteiger partial charge on any atom is -0.778 e. The Labute approximate surface area is 440 Å². The van der Waals surface area contributed by atoms with Crippen LogP contribution in [0.1, 0.15) is 12.5 Å². The first-order valence-corrected chi connectivity index (χ1v) is 24.4. The van der Waals surface area contributed by atoms with Gasteiger partial charge >= 0.3 is 118 Å². The zero-order valence-electron chi connectivity index (χ0n) is 32.7. The molecule has 2 fully saturated rings. The maximum atomic E-state index is 12.5. The third-order valence-corrected chi connectivity index (χ3v) is 16.3. The number of ether oxygens (including phenoxy) is 2. The Hall–Kier alpha value is 1.76. The number of aliphatic hydroxyl groups is 4. The van der Waals surface area contributed by atoms with E-state index in [1.54, 1.807) is 12.5 Å². The van der Waals surface area contributed by atoms with E-state index in [0.717, 1.165) is 40.7 Å². The minimum absolute atomic E-state index is 0. The Morgan fingerprint density at radius 1 is 0.656 bits per heavy atom. The van der Waals surface area contributed by atoms with Crippen molar-refractivity contribution >= 4 is 88.3 Å². The molecular formula is C23H30N10Na4O18P4S2. The monoisotopic (exact) mass is 1010 g/mol. The molecule has 4 unspecified atom stereocenters. The topological polar surface area (TPSA) is 436 Å². The summed E-state index contributed by atoms with van der Waals surface area (Å²) in [4.78, 5) is 74.2. The van der Waals surface area contributed by atoms with Crippen molar-refractivity contribution in [2.45, 2.75) is 59.4 Å². The molecule has 0 aromatic carbocycles. The number of aromatic nitrogens is 8. The van der Waals surface area contributed by atoms with Gasteiger partial charge in [0.2, 0.25) is 0 Å². The summed E-state index contributed by atoms with van der Waals surface area (Å²) in [7, 11) is -24.3. The van der Waals surface area contributed by atoms with Crippen molar-refractivity contribution in [2.24, 2.45) is 0 Å². The van der Waals surface area contributed by atoms with Gasteiger partial charge in [0.05, 0.1) is 31.8 Å². The molecule has 28 nitrogen and oxygen atoms in total. The van der Waals surface area contributed by atoms with Gasteiger partial charge in [-0.2, -0.15) is 0 Å². The average molecular weight is 1010 g/mol. The zero-order chi connectivity index (χ0) is 41.8. The Morgan fingerprint density at radius 2 is 1.07 bits per heavy atom. The number of aliphatic hydroxyl groups excluding tert-OH is 4. The summed E-state index contributed by atoms with van der Waals surface area (Å²) in [6.07, 6.45) is -7.69. The first-order valence-electron chi connectivity index (χ1n) is 15.6. The van der Waals surface area contributed by atoms with Crippen molar-refractivity contribution in [1.82, 2.24) is 39.0 Å². The number of imidazole rings is 2. The number of rotatable bonds is 16. The van der Waals surface area contributed by atoms with E-state index in [0.29, 0.717) is 0 Å². The van der Waals surface area contributed by atoms with Crippen LogP contribution in [0.3, 0.4) is 0 Å². The number of hydrogen-bond acceptors (Lipinski definition) is 28. The maximum absolute atomic E-state index is 12.5. The van der Waals surface area contributed by atoms with Crippen LogP contribution < -0.4 is 149 Å². The molecule has 61 heavy (non-hydrogen) atoms. The molecule has 0 amide bonds. The molecule has 0 saturated carbocycles. The zero-order valence-corrected chi connectivity index (χ0v) is 45.9. The van der Waals surface area contributed by atoms with Crippen LogP contribution >= 0.6 is 54.4 Å². The minimum atomic E-state index is -6.49. The van der Waals surface area contributed by atoms with Crippen LogP contribution in [0, 0.1) is 0 Å². The third-order valence-electron chi connectivity index (χ3n) is 8.05. The normalized spacial score (nSPS) is 27.7. The van der Waals surface area contributed by atoms with Gasteiger partial charge in [-0.3, -0.25) is 22.6 Å². The van der Waals surface area contributed by atoms with Crippen LogP contribution in [0.5, 0.6) is 0 Å². The summed E-state index contributed by atoms with van der Waals surface area (Å²) in [6, 6.07) is 0. The molecule has 0 bridgehead atoms. The Morgan fingerprint density at radius 3 is 1.48 bits per heavy atom. The largest absolute Gasteiger partial charge is 1.00 e. The smallest absolute Gasteiger partial charge is 0.778 e. The van der Waals surface area contributed by atoms with Crippen LogP contribution in [-0.2, 0) is 45.4 Å². The van der Waals surface area contributed by atoms with E-state index in [1.165, 1.54) is 4.57 Å². The molecule has 0 radical (unpaired) electrons. The SMILES string of the molecule is CSc1nc(N)c2ncn([C@@H]3O[C@H](COP(=O)([O-])CP(=O)([O-])OP(=O)([O-])OP(=O)([O-])OC[C@H]4O[C@@H](n5cnc6c(N)nc(SC)nc65)[C@H](O)[C@@H]4O)[C@@H](O)[C@H]3O)c2n1.[Na+].[Na+].[Na+].[Na+]. The molecule has 8 N–H and O–H groups in total. The number of nitrogens with two attached hydrogens (primary N) is 2. The van der Waals surface area contributed by atoms with Crippen LogP contribution in [-0.4, -0.2) is 128 Å². The van der Waals surface area contributed by atoms with Crippen molar-refractivity contribution in [1.29, 1.82) is 0 Å². The molecule has 4 aromatic heterocycles. The predicted octanol–water partition coefficient (Wildman–Crippen LogP) is -15.4. The third kappa shape index (κ3) is 13.9. The van der Waals surface area contributed by atoms with Gasteiger partial charge < -0.3 is 79.1 Å². The van der Waals surface area contributed by atoms with Crippen LogP contribution in [0.4, 0.5) is 11.6 Å². The molecule has 316 valence electrons. The molecule has 6 rings (SSSR count). The summed E-state index contributed by atoms with van der Waals surface area (Å²) in [5.74, 6) is -2.19. The number of phosphoric ester groups is 1. The van der Waals surface area contributed by atoms with E-state index in [4.69, 9.17) is 20.9 Å². The van der Waals surface area contributed by atoms with E-state index in [-0.39, 0.29) is 163 Å². The molecule has 0 spiro atoms. The molecule has 38 heteroatoms. The van der Waals surface area contributed by atoms with Crippen LogP contribution in [0.2, 0.25) is 0 Å². The summed E-state index contributed by atoms with van der Waals surface area (Å²) in [5.41, 5.74) is 12.2. The Kier molecular flexibility index (Phi) is 22.6. The van der Waals surface area contributed by atoms with E-state index < -0.39 is 99.0 Å². The molecule has 0 aliphatic carbocycles. The molecular weight excluding hydrogens is 984 g/mol. The quantitative estimate of drug-likeness (QED) is 0.0263. The summed E-state index contributed by atoms with van der Waals surface area (Å²) >= 11 is 2.26. The average Bonchev–Trinajstić information content (AvgIpc) is 3.86. The second kappa shape index (κ2) is 23.4. The van der Waals surface area contributed by atoms with Crippen molar-refractivity contribution in [3.8, 4) is 0 Å². The maximum Gasteiger partial charge on any atom is 1.00 e. The van der Waals surface area contributed by atoms with Crippen molar-refractivity contribution in [2.75, 3.05) is 43.1 Å². The molecule has 4 aromatic rings. The van der Waals surface area contributed by atoms with Gasteiger partial charge in [0.25, 0.3) is 15.6 Å². The standard InChI is InChI=1S/C23H34N10O18P4S2.4Na/c1-56-22-28-16(24)10-18(30-22)32(5-26-10)20-14(36)12(34)8(48-20)3-46-52(38,39)7-53(40,41)50-55(44,45)51-54(42,43)47-4-9-13(35)15(37)21(49-9)33-6-27-11-17(25)29-23(57-2)31-19(11)33;;;;/h5-6,8-9,12-15,20-21,34-37H,3-4,7H2,1-2H3,(H,38,39)(H,40,41)(H,42,43)(H,44,45)(H2,24,28,30)(H2,25,29,31);;;;/q;4*+1/p-4/t8-,9-,12-,13-,14-,15-,20-,21-;;;;/m1..../s1. The summed E-state index contributed by atoms with van der Waals surface area (Å²) in [5, 5.41) is 42.7. The summed E-state index contributed by atoms with van der Waals surface area (Å²) in [6.45, 7) is -2.30. The Bertz CT molecular complexity index is 2210. The van der Waals surface area contributed by atoms with Gasteiger partial charge in [0.15, 0.2) is 53.3 Å². The van der Waals surface area contributed by atoms with Gasteiger partial charge in [-0.15, -0.1) is 0 Å². The van der Waals surface area contributed by atoms with Gasteiger partial charge in [0, 0.05) is 0 Å². The molecule has 2 aliphatic rings. The van der Waals surface area contributed by atoms with E-state index >= 15 is 0 Å². The number of nitrogens with zero attached hydrogens (tertiary/aromatic N) is 8. The van der Waals surface area contributed by atoms with Gasteiger partial charge in [0.1, 0.15) is 55.3 Å². The van der Waals surface area contributed by atoms with Gasteiger partial charge in [-0.1, -0.05) is 23.5 Å². The predicted molar refractivity (Wildman–Crippen MR) is 184 cm³/mol. The fourth-order valence-electron chi connectivity index (χ4n) is 5.53. The van der Waals surface area contributed by atoms with Crippen LogP contribution in [0.25, 0.3) is 22.3 Å². The number of anilines is 2. The fraction of sp³-hybridized carbons (Fsp3) is 0.565. The second-order valence-corrected chi connectivity index (χ2v) is 20.7. The molecule has 2 aliphatic heterocycles. The first-order chi connectivity index (χ1) is 26.5. The first kappa shape index (κ1) is 58.9. The molecule has 2 saturated heterocycles. The van der Waals surface area contributed by atoms with Crippen LogP contribution in [0.15, 0.2) is 23.0 Å². The number of phosphoric acid groups is 2. The molecule has 6 heterocycles. The van der Waals surface area contributed by atoms with Gasteiger partial charge in [-0.25, -0.2) is 34.2 Å². The number of fused-ring (bicyclic) bond motifs is 2. The second-order valence-electron chi connectivity index (χ2n) is 11.9. The van der Waals surface area contributed by atoms with E-state index in [1.807, 2.05) is 0 Å². The number of thioether (sulfide) groups is 2. The Balaban J connectivity index is 0.00000320. The summed E-state index contributed by atoms with van der Waals surface area (Å²) < 4.78 is 79.6. The number of nitrogen functional groups attached to an aromatic ring is 2. The van der Waals surface area contributed by atoms with Crippen molar-refractivity contribution < 1.29 is 204 Å². The number of hydrogen-bond donors (Lipinski definition) is 6. The fourth-order valence-corrected chi connectivity index (χ4v) is 12.4. The van der Waals surface area contributed by atoms with E-state index in [9.17, 15) is 58.3 Å². The van der Waals surface area contributed by atoms with Crippen molar-refractivity contribution in [3.05, 3.63) is 12.7 Å². The van der Waals surface area contributed by atoms with Crippen molar-refractivity contribution in [3.63, 3.8) is 0 Å². The van der Waals surface area contributed by atoms with E-state index in [2.05, 4.69) is 47.6 Å². The van der Waals surface area contributed by atoms with Gasteiger partial charge in [-0.05, 0) is 12.5 Å². The molecule has 12 atom stereocenters.